The van der Waals surface area contributed by atoms with Gasteiger partial charge in [-0.15, -0.1) is 10.2 Å². The third kappa shape index (κ3) is 4.66. The number of aryl methyl sites for hydroxylation is 1. The van der Waals surface area contributed by atoms with Crippen molar-refractivity contribution in [3.63, 3.8) is 0 Å². The molecule has 0 saturated carbocycles. The van der Waals surface area contributed by atoms with Gasteiger partial charge in [-0.05, 0) is 60.6 Å². The first-order valence-corrected chi connectivity index (χ1v) is 11.1. The first kappa shape index (κ1) is 22.0. The van der Waals surface area contributed by atoms with Gasteiger partial charge in [0.05, 0.1) is 19.2 Å². The molecule has 0 amide bonds. The summed E-state index contributed by atoms with van der Waals surface area (Å²) in [5, 5.41) is 23.4. The zero-order valence-electron chi connectivity index (χ0n) is 17.5. The number of aromatic nitrogens is 1. The molecule has 0 aliphatic rings. The van der Waals surface area contributed by atoms with Gasteiger partial charge in [-0.2, -0.15) is 0 Å². The molecule has 8 heteroatoms. The van der Waals surface area contributed by atoms with Crippen LogP contribution in [0.4, 0.5) is 11.4 Å². The van der Waals surface area contributed by atoms with Gasteiger partial charge in [0.1, 0.15) is 5.75 Å². The van der Waals surface area contributed by atoms with Crippen LogP contribution in [0.5, 0.6) is 11.6 Å². The first-order valence-electron chi connectivity index (χ1n) is 9.88. The molecule has 2 N–H and O–H groups in total. The number of rotatable bonds is 5. The molecule has 1 heterocycles. The Morgan fingerprint density at radius 3 is 2.72 bits per heavy atom. The fraction of sp³-hybridized carbons (Fsp3) is 0.125. The molecule has 4 aromatic rings. The Morgan fingerprint density at radius 2 is 1.94 bits per heavy atom. The lowest BCUT2D eigenvalue weighted by molar-refractivity contribution is 0.415. The van der Waals surface area contributed by atoms with Gasteiger partial charge >= 0.3 is 0 Å². The maximum absolute atomic E-state index is 11.0. The molecule has 0 aliphatic carbocycles. The van der Waals surface area contributed by atoms with Crippen molar-refractivity contribution in [2.75, 3.05) is 12.4 Å². The molecule has 0 aliphatic heterocycles. The normalized spacial score (nSPS) is 11.2. The van der Waals surface area contributed by atoms with Crippen LogP contribution >= 0.6 is 28.1 Å². The van der Waals surface area contributed by atoms with E-state index in [0.29, 0.717) is 18.0 Å². The molecule has 0 fully saturated rings. The van der Waals surface area contributed by atoms with Crippen molar-refractivity contribution < 1.29 is 9.84 Å². The summed E-state index contributed by atoms with van der Waals surface area (Å²) in [5.74, 6) is 0.741. The number of hydrogen-bond donors (Lipinski definition) is 2. The summed E-state index contributed by atoms with van der Waals surface area (Å²) in [7, 11) is 1.60. The van der Waals surface area contributed by atoms with Crippen molar-refractivity contribution in [1.29, 1.82) is 0 Å². The molecular weight excluding hydrogens is 488 g/mol. The summed E-state index contributed by atoms with van der Waals surface area (Å²) in [4.78, 5) is 0. The Morgan fingerprint density at radius 1 is 1.12 bits per heavy atom. The number of azo groups is 1. The summed E-state index contributed by atoms with van der Waals surface area (Å²) in [6.45, 7) is 2.57. The standard InChI is InChI=1S/C24H21BrN4O2S/c1-15-6-3-4-7-16(15)14-29-21-11-10-17(25)12-20(21)22(23(29)30)27-28-24(32)26-18-8-5-9-19(13-18)31-2/h3-13,30H,14H2,1-2H3,(H,26,32). The van der Waals surface area contributed by atoms with Crippen LogP contribution in [-0.4, -0.2) is 21.9 Å². The molecule has 0 saturated heterocycles. The van der Waals surface area contributed by atoms with E-state index in [-0.39, 0.29) is 11.0 Å². The second-order valence-corrected chi connectivity index (χ2v) is 8.51. The Labute approximate surface area is 199 Å². The van der Waals surface area contributed by atoms with Crippen molar-refractivity contribution in [1.82, 2.24) is 4.57 Å². The number of nitrogens with zero attached hydrogens (tertiary/aromatic N) is 3. The molecule has 4 rings (SSSR count). The molecule has 6 nitrogen and oxygen atoms in total. The molecule has 0 radical (unpaired) electrons. The van der Waals surface area contributed by atoms with Crippen LogP contribution in [0.3, 0.4) is 0 Å². The summed E-state index contributed by atoms with van der Waals surface area (Å²) >= 11 is 8.83. The number of thiocarbonyl (C=S) groups is 1. The maximum Gasteiger partial charge on any atom is 0.221 e. The van der Waals surface area contributed by atoms with Gasteiger partial charge in [-0.25, -0.2) is 0 Å². The van der Waals surface area contributed by atoms with Crippen LogP contribution in [0, 0.1) is 6.92 Å². The van der Waals surface area contributed by atoms with Gasteiger partial charge in [0.15, 0.2) is 5.69 Å². The zero-order chi connectivity index (χ0) is 22.7. The second kappa shape index (κ2) is 9.50. The number of nitrogens with one attached hydrogen (secondary N) is 1. The number of anilines is 1. The fourth-order valence-corrected chi connectivity index (χ4v) is 3.98. The second-order valence-electron chi connectivity index (χ2n) is 7.21. The van der Waals surface area contributed by atoms with E-state index in [1.807, 2.05) is 65.2 Å². The maximum atomic E-state index is 11.0. The Bertz CT molecular complexity index is 1330. The number of benzene rings is 3. The number of hydrogen-bond acceptors (Lipinski definition) is 4. The Balaban J connectivity index is 1.67. The summed E-state index contributed by atoms with van der Waals surface area (Å²) in [6, 6.07) is 21.2. The van der Waals surface area contributed by atoms with Crippen molar-refractivity contribution >= 4 is 55.5 Å². The number of halogens is 1. The third-order valence-electron chi connectivity index (χ3n) is 5.12. The highest BCUT2D eigenvalue weighted by Gasteiger charge is 2.18. The Kier molecular flexibility index (Phi) is 6.53. The zero-order valence-corrected chi connectivity index (χ0v) is 19.9. The minimum absolute atomic E-state index is 0.0364. The third-order valence-corrected chi connectivity index (χ3v) is 5.80. The average molecular weight is 509 g/mol. The quantitative estimate of drug-likeness (QED) is 0.226. The summed E-state index contributed by atoms with van der Waals surface area (Å²) < 4.78 is 7.93. The lowest BCUT2D eigenvalue weighted by atomic mass is 10.1. The summed E-state index contributed by atoms with van der Waals surface area (Å²) in [6.07, 6.45) is 0. The van der Waals surface area contributed by atoms with Crippen molar-refractivity contribution in [2.24, 2.45) is 10.2 Å². The van der Waals surface area contributed by atoms with Crippen molar-refractivity contribution in [3.8, 4) is 11.6 Å². The SMILES string of the molecule is COc1cccc(NC(=S)N=Nc2c(O)n(Cc3ccccc3C)c3ccc(Br)cc23)c1. The molecule has 32 heavy (non-hydrogen) atoms. The Hall–Kier alpha value is -3.23. The highest BCUT2D eigenvalue weighted by atomic mass is 79.9. The lowest BCUT2D eigenvalue weighted by Crippen LogP contribution is -2.04. The van der Waals surface area contributed by atoms with E-state index in [9.17, 15) is 5.11 Å². The van der Waals surface area contributed by atoms with E-state index in [1.54, 1.807) is 7.11 Å². The largest absolute Gasteiger partial charge is 0.497 e. The monoisotopic (exact) mass is 508 g/mol. The minimum Gasteiger partial charge on any atom is -0.497 e. The van der Waals surface area contributed by atoms with Gasteiger partial charge in [-0.1, -0.05) is 46.3 Å². The number of methoxy groups -OCH3 is 1. The van der Waals surface area contributed by atoms with Crippen LogP contribution in [0.1, 0.15) is 11.1 Å². The molecule has 0 bridgehead atoms. The molecule has 3 aromatic carbocycles. The van der Waals surface area contributed by atoms with E-state index in [2.05, 4.69) is 44.5 Å². The van der Waals surface area contributed by atoms with Gasteiger partial charge in [0.25, 0.3) is 0 Å². The van der Waals surface area contributed by atoms with Crippen LogP contribution in [0.2, 0.25) is 0 Å². The number of fused-ring (bicyclic) bond motifs is 1. The first-order chi connectivity index (χ1) is 15.5. The average Bonchev–Trinajstić information content (AvgIpc) is 3.04. The van der Waals surface area contributed by atoms with Gasteiger partial charge in [0, 0.05) is 21.6 Å². The fourth-order valence-electron chi connectivity index (χ4n) is 3.46. The van der Waals surface area contributed by atoms with E-state index in [4.69, 9.17) is 17.0 Å². The highest BCUT2D eigenvalue weighted by molar-refractivity contribution is 9.10. The van der Waals surface area contributed by atoms with Crippen LogP contribution in [-0.2, 0) is 6.54 Å². The molecule has 162 valence electrons. The van der Waals surface area contributed by atoms with Gasteiger partial charge in [0.2, 0.25) is 11.0 Å². The predicted molar refractivity (Wildman–Crippen MR) is 135 cm³/mol. The van der Waals surface area contributed by atoms with E-state index < -0.39 is 0 Å². The topological polar surface area (TPSA) is 71.1 Å². The highest BCUT2D eigenvalue weighted by Crippen LogP contribution is 2.40. The van der Waals surface area contributed by atoms with Crippen LogP contribution in [0.25, 0.3) is 10.9 Å². The minimum atomic E-state index is 0.0364. The van der Waals surface area contributed by atoms with Crippen molar-refractivity contribution in [2.45, 2.75) is 13.5 Å². The number of ether oxygens (including phenoxy) is 1. The smallest absolute Gasteiger partial charge is 0.221 e. The van der Waals surface area contributed by atoms with E-state index in [1.165, 1.54) is 0 Å². The summed E-state index contributed by atoms with van der Waals surface area (Å²) in [5.41, 5.74) is 4.22. The molecule has 0 atom stereocenters. The van der Waals surface area contributed by atoms with E-state index in [0.717, 1.165) is 32.2 Å². The lowest BCUT2D eigenvalue weighted by Gasteiger charge is -2.09. The van der Waals surface area contributed by atoms with Crippen molar-refractivity contribution in [3.05, 3.63) is 82.3 Å². The van der Waals surface area contributed by atoms with E-state index >= 15 is 0 Å². The molecule has 0 spiro atoms. The van der Waals surface area contributed by atoms with Crippen LogP contribution < -0.4 is 10.1 Å². The predicted octanol–water partition coefficient (Wildman–Crippen LogP) is 6.96. The van der Waals surface area contributed by atoms with Crippen LogP contribution in [0.15, 0.2) is 81.4 Å². The number of aromatic hydroxyl groups is 1. The molecule has 0 unspecified atom stereocenters. The van der Waals surface area contributed by atoms with Gasteiger partial charge in [-0.3, -0.25) is 0 Å². The van der Waals surface area contributed by atoms with Gasteiger partial charge < -0.3 is 19.7 Å². The molecular formula is C24H21BrN4O2S. The molecule has 1 aromatic heterocycles.